The molecule has 4 heterocycles. The molecule has 2 aromatic rings. The van der Waals surface area contributed by atoms with Crippen molar-refractivity contribution in [3.63, 3.8) is 0 Å². The summed E-state index contributed by atoms with van der Waals surface area (Å²) in [6.07, 6.45) is 9.64. The summed E-state index contributed by atoms with van der Waals surface area (Å²) in [6.45, 7) is 5.54. The van der Waals surface area contributed by atoms with Gasteiger partial charge in [-0.25, -0.2) is 9.97 Å². The summed E-state index contributed by atoms with van der Waals surface area (Å²) in [7, 11) is 0. The second kappa shape index (κ2) is 8.43. The number of hydrogen-bond acceptors (Lipinski definition) is 6. The molecule has 7 heteroatoms. The van der Waals surface area contributed by atoms with Gasteiger partial charge in [-0.3, -0.25) is 9.78 Å². The first-order valence-corrected chi connectivity index (χ1v) is 9.79. The number of piperidine rings is 1. The monoisotopic (exact) mass is 366 g/mol. The second-order valence-electron chi connectivity index (χ2n) is 7.20. The maximum atomic E-state index is 12.7. The van der Waals surface area contributed by atoms with Crippen molar-refractivity contribution in [1.29, 1.82) is 0 Å². The summed E-state index contributed by atoms with van der Waals surface area (Å²) < 4.78 is 0. The summed E-state index contributed by atoms with van der Waals surface area (Å²) in [4.78, 5) is 29.9. The van der Waals surface area contributed by atoms with Crippen LogP contribution in [0.15, 0.2) is 30.9 Å². The second-order valence-corrected chi connectivity index (χ2v) is 7.20. The number of carbonyl (C=O) groups is 1. The molecule has 4 rings (SSSR count). The summed E-state index contributed by atoms with van der Waals surface area (Å²) in [5.41, 5.74) is 2.70. The van der Waals surface area contributed by atoms with Crippen LogP contribution in [0.3, 0.4) is 0 Å². The number of fused-ring (bicyclic) bond motifs is 1. The summed E-state index contributed by atoms with van der Waals surface area (Å²) >= 11 is 0. The summed E-state index contributed by atoms with van der Waals surface area (Å²) in [5, 5.41) is 3.49. The molecule has 0 unspecified atom stereocenters. The Morgan fingerprint density at radius 3 is 2.85 bits per heavy atom. The van der Waals surface area contributed by atoms with Gasteiger partial charge in [-0.15, -0.1) is 0 Å². The number of anilines is 1. The molecule has 0 aliphatic carbocycles. The number of rotatable bonds is 5. The summed E-state index contributed by atoms with van der Waals surface area (Å²) in [5.74, 6) is 0.928. The highest BCUT2D eigenvalue weighted by Gasteiger charge is 2.25. The Morgan fingerprint density at radius 2 is 2.04 bits per heavy atom. The van der Waals surface area contributed by atoms with Crippen molar-refractivity contribution in [1.82, 2.24) is 24.8 Å². The lowest BCUT2D eigenvalue weighted by Crippen LogP contribution is -2.37. The standard InChI is InChI=1S/C20H26N6O/c27-20(16-5-4-7-21-13-16)26-11-6-17-18(14-26)23-15-24-19(17)22-8-12-25-9-2-1-3-10-25/h4-5,7,13,15H,1-3,6,8-12,14H2,(H,22,23,24). The van der Waals surface area contributed by atoms with Gasteiger partial charge in [0.1, 0.15) is 12.1 Å². The highest BCUT2D eigenvalue weighted by atomic mass is 16.2. The Bertz CT molecular complexity index is 775. The SMILES string of the molecule is O=C(c1cccnc1)N1CCc2c(ncnc2NCCN2CCCCC2)C1. The molecule has 1 saturated heterocycles. The van der Waals surface area contributed by atoms with Crippen LogP contribution in [-0.4, -0.2) is 63.4 Å². The van der Waals surface area contributed by atoms with Crippen LogP contribution in [-0.2, 0) is 13.0 Å². The molecule has 0 aromatic carbocycles. The van der Waals surface area contributed by atoms with Gasteiger partial charge in [-0.05, 0) is 44.5 Å². The van der Waals surface area contributed by atoms with E-state index in [2.05, 4.69) is 25.2 Å². The number of pyridine rings is 1. The van der Waals surface area contributed by atoms with E-state index in [1.54, 1.807) is 30.9 Å². The highest BCUT2D eigenvalue weighted by Crippen LogP contribution is 2.23. The fraction of sp³-hybridized carbons (Fsp3) is 0.500. The minimum atomic E-state index is 0.00645. The van der Waals surface area contributed by atoms with Gasteiger partial charge in [0.2, 0.25) is 0 Å². The Kier molecular flexibility index (Phi) is 5.58. The largest absolute Gasteiger partial charge is 0.368 e. The zero-order valence-corrected chi connectivity index (χ0v) is 15.6. The molecule has 0 radical (unpaired) electrons. The van der Waals surface area contributed by atoms with Crippen LogP contribution in [0.4, 0.5) is 5.82 Å². The molecule has 2 aliphatic heterocycles. The van der Waals surface area contributed by atoms with Crippen molar-refractivity contribution in [3.05, 3.63) is 47.7 Å². The summed E-state index contributed by atoms with van der Waals surface area (Å²) in [6, 6.07) is 3.59. The lowest BCUT2D eigenvalue weighted by atomic mass is 10.0. The molecule has 1 N–H and O–H groups in total. The molecular weight excluding hydrogens is 340 g/mol. The first kappa shape index (κ1) is 17.9. The fourth-order valence-electron chi connectivity index (χ4n) is 3.87. The van der Waals surface area contributed by atoms with Gasteiger partial charge >= 0.3 is 0 Å². The molecule has 0 spiro atoms. The molecule has 1 amide bonds. The lowest BCUT2D eigenvalue weighted by Gasteiger charge is -2.29. The molecule has 0 bridgehead atoms. The quantitative estimate of drug-likeness (QED) is 0.872. The van der Waals surface area contributed by atoms with Crippen molar-refractivity contribution in [2.45, 2.75) is 32.2 Å². The number of amides is 1. The van der Waals surface area contributed by atoms with Crippen molar-refractivity contribution >= 4 is 11.7 Å². The molecule has 0 saturated carbocycles. The predicted molar refractivity (Wildman–Crippen MR) is 103 cm³/mol. The topological polar surface area (TPSA) is 74.2 Å². The fourth-order valence-corrected chi connectivity index (χ4v) is 3.87. The van der Waals surface area contributed by atoms with Gasteiger partial charge in [-0.2, -0.15) is 0 Å². The minimum Gasteiger partial charge on any atom is -0.368 e. The number of nitrogens with zero attached hydrogens (tertiary/aromatic N) is 5. The van der Waals surface area contributed by atoms with Gasteiger partial charge in [0, 0.05) is 37.6 Å². The Morgan fingerprint density at radius 1 is 1.15 bits per heavy atom. The van der Waals surface area contributed by atoms with E-state index in [9.17, 15) is 4.79 Å². The first-order chi connectivity index (χ1) is 13.3. The van der Waals surface area contributed by atoms with E-state index < -0.39 is 0 Å². The molecule has 142 valence electrons. The molecule has 2 aliphatic rings. The van der Waals surface area contributed by atoms with Crippen LogP contribution in [0.1, 0.15) is 40.9 Å². The minimum absolute atomic E-state index is 0.00645. The average molecular weight is 366 g/mol. The number of aromatic nitrogens is 3. The predicted octanol–water partition coefficient (Wildman–Crippen LogP) is 1.97. The number of carbonyl (C=O) groups excluding carboxylic acids is 1. The van der Waals surface area contributed by atoms with Crippen LogP contribution >= 0.6 is 0 Å². The zero-order valence-electron chi connectivity index (χ0n) is 15.6. The third-order valence-corrected chi connectivity index (χ3v) is 5.37. The molecule has 0 atom stereocenters. The van der Waals surface area contributed by atoms with E-state index in [1.165, 1.54) is 32.4 Å². The lowest BCUT2D eigenvalue weighted by molar-refractivity contribution is 0.0731. The van der Waals surface area contributed by atoms with Gasteiger partial charge in [-0.1, -0.05) is 6.42 Å². The van der Waals surface area contributed by atoms with Crippen molar-refractivity contribution in [2.75, 3.05) is 38.0 Å². The van der Waals surface area contributed by atoms with E-state index >= 15 is 0 Å². The molecular formula is C20H26N6O. The highest BCUT2D eigenvalue weighted by molar-refractivity contribution is 5.94. The Labute approximate surface area is 159 Å². The van der Waals surface area contributed by atoms with E-state index in [1.807, 2.05) is 4.90 Å². The van der Waals surface area contributed by atoms with Gasteiger partial charge in [0.05, 0.1) is 17.8 Å². The van der Waals surface area contributed by atoms with Gasteiger partial charge < -0.3 is 15.1 Å². The third kappa shape index (κ3) is 4.24. The van der Waals surface area contributed by atoms with E-state index in [-0.39, 0.29) is 5.91 Å². The normalized spacial score (nSPS) is 17.4. The first-order valence-electron chi connectivity index (χ1n) is 9.79. The molecule has 27 heavy (non-hydrogen) atoms. The van der Waals surface area contributed by atoms with Gasteiger partial charge in [0.25, 0.3) is 5.91 Å². The Hall–Kier alpha value is -2.54. The van der Waals surface area contributed by atoms with Crippen LogP contribution in [0.2, 0.25) is 0 Å². The number of hydrogen-bond donors (Lipinski definition) is 1. The van der Waals surface area contributed by atoms with Crippen molar-refractivity contribution in [3.8, 4) is 0 Å². The average Bonchev–Trinajstić information content (AvgIpc) is 2.74. The molecule has 7 nitrogen and oxygen atoms in total. The van der Waals surface area contributed by atoms with Crippen LogP contribution in [0.25, 0.3) is 0 Å². The number of likely N-dealkylation sites (tertiary alicyclic amines) is 1. The maximum Gasteiger partial charge on any atom is 0.255 e. The van der Waals surface area contributed by atoms with Crippen molar-refractivity contribution < 1.29 is 4.79 Å². The maximum absolute atomic E-state index is 12.7. The van der Waals surface area contributed by atoms with Crippen LogP contribution in [0.5, 0.6) is 0 Å². The van der Waals surface area contributed by atoms with E-state index in [0.717, 1.165) is 36.6 Å². The van der Waals surface area contributed by atoms with Crippen LogP contribution in [0, 0.1) is 0 Å². The molecule has 2 aromatic heterocycles. The zero-order chi connectivity index (χ0) is 18.5. The number of nitrogens with one attached hydrogen (secondary N) is 1. The molecule has 1 fully saturated rings. The van der Waals surface area contributed by atoms with Gasteiger partial charge in [0.15, 0.2) is 0 Å². The van der Waals surface area contributed by atoms with E-state index in [0.29, 0.717) is 18.7 Å². The van der Waals surface area contributed by atoms with Crippen LogP contribution < -0.4 is 5.32 Å². The third-order valence-electron chi connectivity index (χ3n) is 5.37. The smallest absolute Gasteiger partial charge is 0.255 e. The Balaban J connectivity index is 1.38. The van der Waals surface area contributed by atoms with E-state index in [4.69, 9.17) is 0 Å². The van der Waals surface area contributed by atoms with Crippen molar-refractivity contribution in [2.24, 2.45) is 0 Å².